The van der Waals surface area contributed by atoms with E-state index < -0.39 is 7.25 Å². The van der Waals surface area contributed by atoms with E-state index in [1.54, 1.807) is 0 Å². The second-order valence-corrected chi connectivity index (χ2v) is 2.49. The average Bonchev–Trinajstić information content (AvgIpc) is 2.47. The molecule has 1 aromatic carbocycles. The van der Waals surface area contributed by atoms with Gasteiger partial charge in [-0.15, -0.1) is 0 Å². The lowest BCUT2D eigenvalue weighted by Crippen LogP contribution is -2.02. The zero-order valence-corrected chi connectivity index (χ0v) is 6.98. The standard InChI is InChI=1S/C8H6N.BF4/c1-2-4-8-7(3-1)5-6-9-8;2-1(3,4)5/h2-6,9H;/q;-1. The van der Waals surface area contributed by atoms with Crippen molar-refractivity contribution in [2.24, 2.45) is 0 Å². The minimum absolute atomic E-state index is 1.17. The van der Waals surface area contributed by atoms with Gasteiger partial charge < -0.3 is 22.2 Å². The third kappa shape index (κ3) is 3.98. The number of hydrogen-bond donors (Lipinski definition) is 1. The van der Waals surface area contributed by atoms with Gasteiger partial charge in [0.05, 0.1) is 0 Å². The first-order chi connectivity index (χ1) is 6.47. The molecule has 1 radical (unpaired) electrons. The van der Waals surface area contributed by atoms with Gasteiger partial charge in [-0.25, -0.2) is 0 Å². The Morgan fingerprint density at radius 3 is 2.36 bits per heavy atom. The summed E-state index contributed by atoms with van der Waals surface area (Å²) in [7, 11) is -6.00. The summed E-state index contributed by atoms with van der Waals surface area (Å²) < 4.78 is 39.0. The minimum atomic E-state index is -6.00. The number of fused-ring (bicyclic) bond motifs is 1. The summed E-state index contributed by atoms with van der Waals surface area (Å²) in [6.07, 6.45) is 1.93. The second-order valence-electron chi connectivity index (χ2n) is 2.49. The van der Waals surface area contributed by atoms with Crippen molar-refractivity contribution in [1.29, 1.82) is 0 Å². The summed E-state index contributed by atoms with van der Waals surface area (Å²) in [5.41, 5.74) is 1.17. The molecule has 1 N–H and O–H groups in total. The maximum absolute atomic E-state index is 9.75. The molecule has 0 amide bonds. The maximum Gasteiger partial charge on any atom is 0.673 e. The highest BCUT2D eigenvalue weighted by Crippen LogP contribution is 2.08. The van der Waals surface area contributed by atoms with Crippen molar-refractivity contribution < 1.29 is 17.3 Å². The zero-order chi connectivity index (χ0) is 10.6. The minimum Gasteiger partial charge on any atom is -0.418 e. The largest absolute Gasteiger partial charge is 0.673 e. The summed E-state index contributed by atoms with van der Waals surface area (Å²) in [5, 5.41) is 1.22. The fraction of sp³-hybridized carbons (Fsp3) is 0. The predicted molar refractivity (Wildman–Crippen MR) is 47.3 cm³/mol. The molecular weight excluding hydrogens is 197 g/mol. The van der Waals surface area contributed by atoms with Crippen molar-refractivity contribution in [3.05, 3.63) is 36.5 Å². The Morgan fingerprint density at radius 2 is 1.79 bits per heavy atom. The topological polar surface area (TPSA) is 15.8 Å². The number of nitrogens with one attached hydrogen (secondary N) is 1. The molecule has 2 rings (SSSR count). The van der Waals surface area contributed by atoms with Crippen molar-refractivity contribution in [2.45, 2.75) is 0 Å². The number of halogens is 4. The van der Waals surface area contributed by atoms with Crippen LogP contribution in [-0.4, -0.2) is 12.2 Å². The molecule has 0 aliphatic rings. The lowest BCUT2D eigenvalue weighted by Gasteiger charge is -1.94. The fourth-order valence-corrected chi connectivity index (χ4v) is 0.934. The van der Waals surface area contributed by atoms with Crippen LogP contribution in [0.5, 0.6) is 0 Å². The van der Waals surface area contributed by atoms with Crippen LogP contribution >= 0.6 is 0 Å². The highest BCUT2D eigenvalue weighted by molar-refractivity contribution is 6.50. The van der Waals surface area contributed by atoms with Crippen LogP contribution < -0.4 is 0 Å². The first kappa shape index (κ1) is 10.6. The van der Waals surface area contributed by atoms with Crippen LogP contribution in [0.15, 0.2) is 30.5 Å². The quantitative estimate of drug-likeness (QED) is 0.499. The fourth-order valence-electron chi connectivity index (χ4n) is 0.934. The van der Waals surface area contributed by atoms with E-state index in [1.807, 2.05) is 30.5 Å². The van der Waals surface area contributed by atoms with Gasteiger partial charge in [-0.2, -0.15) is 0 Å². The van der Waals surface area contributed by atoms with Crippen LogP contribution in [0.3, 0.4) is 0 Å². The van der Waals surface area contributed by atoms with E-state index >= 15 is 0 Å². The maximum atomic E-state index is 9.75. The first-order valence-corrected chi connectivity index (χ1v) is 3.77. The molecule has 0 aliphatic heterocycles. The number of aromatic amines is 1. The molecule has 0 bridgehead atoms. The molecule has 0 spiro atoms. The lowest BCUT2D eigenvalue weighted by molar-refractivity contribution is 0.368. The van der Waals surface area contributed by atoms with E-state index in [-0.39, 0.29) is 0 Å². The highest BCUT2D eigenvalue weighted by Gasteiger charge is 2.20. The molecule has 1 heterocycles. The van der Waals surface area contributed by atoms with Crippen molar-refractivity contribution in [1.82, 2.24) is 4.98 Å². The van der Waals surface area contributed by atoms with Gasteiger partial charge in [-0.05, 0) is 29.7 Å². The molecule has 0 saturated carbocycles. The van der Waals surface area contributed by atoms with E-state index in [1.165, 1.54) is 10.9 Å². The summed E-state index contributed by atoms with van der Waals surface area (Å²) in [4.78, 5) is 3.10. The van der Waals surface area contributed by atoms with Crippen molar-refractivity contribution in [3.8, 4) is 0 Å². The van der Waals surface area contributed by atoms with E-state index in [0.717, 1.165) is 0 Å². The Morgan fingerprint density at radius 1 is 1.14 bits per heavy atom. The molecule has 14 heavy (non-hydrogen) atoms. The Bertz CT molecular complexity index is 359. The Kier molecular flexibility index (Phi) is 3.16. The van der Waals surface area contributed by atoms with E-state index in [4.69, 9.17) is 0 Å². The van der Waals surface area contributed by atoms with Crippen LogP contribution in [-0.2, 0) is 0 Å². The molecule has 1 nitrogen and oxygen atoms in total. The van der Waals surface area contributed by atoms with Crippen LogP contribution in [0.25, 0.3) is 10.9 Å². The third-order valence-electron chi connectivity index (χ3n) is 1.40. The Labute approximate surface area is 77.8 Å². The third-order valence-corrected chi connectivity index (χ3v) is 1.40. The smallest absolute Gasteiger partial charge is 0.418 e. The number of H-pyrrole nitrogens is 1. The van der Waals surface area contributed by atoms with Gasteiger partial charge in [0.1, 0.15) is 0 Å². The average molecular weight is 203 g/mol. The van der Waals surface area contributed by atoms with Crippen molar-refractivity contribution >= 4 is 18.2 Å². The molecule has 0 unspecified atom stereocenters. The van der Waals surface area contributed by atoms with Gasteiger partial charge in [-0.3, -0.25) is 0 Å². The summed E-state index contributed by atoms with van der Waals surface area (Å²) in [6, 6.07) is 10.9. The van der Waals surface area contributed by atoms with Crippen LogP contribution in [0.4, 0.5) is 17.3 Å². The molecule has 0 aliphatic carbocycles. The predicted octanol–water partition coefficient (Wildman–Crippen LogP) is 3.27. The van der Waals surface area contributed by atoms with Crippen LogP contribution in [0.1, 0.15) is 0 Å². The number of aromatic nitrogens is 1. The molecule has 1 aromatic heterocycles. The van der Waals surface area contributed by atoms with Crippen molar-refractivity contribution in [3.63, 3.8) is 0 Å². The van der Waals surface area contributed by atoms with E-state index in [0.29, 0.717) is 0 Å². The molecule has 6 heteroatoms. The molecule has 0 saturated heterocycles. The van der Waals surface area contributed by atoms with Gasteiger partial charge in [0.25, 0.3) is 0 Å². The van der Waals surface area contributed by atoms with Gasteiger partial charge in [0.15, 0.2) is 0 Å². The molecule has 75 valence electrons. The Hall–Kier alpha value is -1.46. The van der Waals surface area contributed by atoms with Gasteiger partial charge in [-0.1, -0.05) is 6.07 Å². The zero-order valence-electron chi connectivity index (χ0n) is 6.98. The Balaban J connectivity index is 0.000000171. The summed E-state index contributed by atoms with van der Waals surface area (Å²) in [6.45, 7) is 0. The summed E-state index contributed by atoms with van der Waals surface area (Å²) >= 11 is 0. The molecule has 0 atom stereocenters. The van der Waals surface area contributed by atoms with E-state index in [9.17, 15) is 17.3 Å². The molecule has 0 fully saturated rings. The number of hydrogen-bond acceptors (Lipinski definition) is 0. The molecular formula is C8H6BF4N-. The first-order valence-electron chi connectivity index (χ1n) is 3.77. The SMILES string of the molecule is F[B-](F)(F)F.[c]1ccc2[nH]ccc2c1. The van der Waals surface area contributed by atoms with Crippen molar-refractivity contribution in [2.75, 3.05) is 0 Å². The lowest BCUT2D eigenvalue weighted by atomic mass is 10.3. The second kappa shape index (κ2) is 4.17. The monoisotopic (exact) mass is 203 g/mol. The van der Waals surface area contributed by atoms with Gasteiger partial charge >= 0.3 is 7.25 Å². The summed E-state index contributed by atoms with van der Waals surface area (Å²) in [5.74, 6) is 0. The molecule has 2 aromatic rings. The van der Waals surface area contributed by atoms with Crippen LogP contribution in [0, 0.1) is 6.07 Å². The van der Waals surface area contributed by atoms with Gasteiger partial charge in [0.2, 0.25) is 0 Å². The van der Waals surface area contributed by atoms with Crippen LogP contribution in [0.2, 0.25) is 0 Å². The normalized spacial score (nSPS) is 10.9. The highest BCUT2D eigenvalue weighted by atomic mass is 19.5. The number of benzene rings is 1. The van der Waals surface area contributed by atoms with E-state index in [2.05, 4.69) is 11.1 Å². The van der Waals surface area contributed by atoms with Gasteiger partial charge in [0, 0.05) is 11.7 Å². The number of rotatable bonds is 0.